The summed E-state index contributed by atoms with van der Waals surface area (Å²) in [5.41, 5.74) is 5.21. The summed E-state index contributed by atoms with van der Waals surface area (Å²) in [5.74, 6) is 0.542. The lowest BCUT2D eigenvalue weighted by molar-refractivity contribution is -0.116. The number of thiocarbonyl (C=S) groups is 1. The van der Waals surface area contributed by atoms with Gasteiger partial charge in [-0.15, -0.1) is 0 Å². The Balaban J connectivity index is 1.59. The van der Waals surface area contributed by atoms with Crippen molar-refractivity contribution in [1.29, 1.82) is 0 Å². The largest absolute Gasteiger partial charge is 0.495 e. The minimum Gasteiger partial charge on any atom is -0.495 e. The Morgan fingerprint density at radius 3 is 2.65 bits per heavy atom. The number of nitrogens with zero attached hydrogens (tertiary/aromatic N) is 3. The molecule has 0 radical (unpaired) electrons. The molecule has 178 valence electrons. The number of methoxy groups -OCH3 is 1. The SMILES string of the molecule is CCn1c(C)cc(C2C(c3ccccn3)NC(=S)N2CCC(=O)Nc2ccccc2OC)c1C. The second-order valence-corrected chi connectivity index (χ2v) is 8.78. The number of pyridine rings is 1. The first kappa shape index (κ1) is 23.8. The normalized spacial score (nSPS) is 17.5. The monoisotopic (exact) mass is 477 g/mol. The molecular weight excluding hydrogens is 446 g/mol. The fraction of sp³-hybridized carbons (Fsp3) is 0.346. The number of carbonyl (C=O) groups is 1. The van der Waals surface area contributed by atoms with Gasteiger partial charge in [-0.25, -0.2) is 0 Å². The highest BCUT2D eigenvalue weighted by atomic mass is 32.1. The zero-order valence-electron chi connectivity index (χ0n) is 20.0. The molecule has 34 heavy (non-hydrogen) atoms. The van der Waals surface area contributed by atoms with E-state index in [0.717, 1.165) is 12.2 Å². The fourth-order valence-electron chi connectivity index (χ4n) is 4.78. The van der Waals surface area contributed by atoms with Crippen LogP contribution in [0, 0.1) is 13.8 Å². The van der Waals surface area contributed by atoms with E-state index in [9.17, 15) is 4.79 Å². The number of para-hydroxylation sites is 2. The Hall–Kier alpha value is -3.39. The molecule has 1 aliphatic rings. The molecule has 3 aromatic rings. The van der Waals surface area contributed by atoms with Crippen LogP contribution in [0.15, 0.2) is 54.7 Å². The number of nitrogens with one attached hydrogen (secondary N) is 2. The van der Waals surface area contributed by atoms with Crippen LogP contribution in [0.1, 0.15) is 48.1 Å². The van der Waals surface area contributed by atoms with Gasteiger partial charge < -0.3 is 24.8 Å². The average molecular weight is 478 g/mol. The van der Waals surface area contributed by atoms with Gasteiger partial charge in [-0.2, -0.15) is 0 Å². The molecule has 7 nitrogen and oxygen atoms in total. The van der Waals surface area contributed by atoms with Gasteiger partial charge >= 0.3 is 0 Å². The Labute approximate surface area is 206 Å². The summed E-state index contributed by atoms with van der Waals surface area (Å²) in [6.07, 6.45) is 2.09. The molecule has 2 atom stereocenters. The molecule has 8 heteroatoms. The first-order valence-electron chi connectivity index (χ1n) is 11.5. The number of rotatable bonds is 8. The third kappa shape index (κ3) is 4.63. The van der Waals surface area contributed by atoms with Crippen molar-refractivity contribution in [2.75, 3.05) is 19.0 Å². The lowest BCUT2D eigenvalue weighted by atomic mass is 9.96. The molecule has 1 fully saturated rings. The van der Waals surface area contributed by atoms with E-state index < -0.39 is 0 Å². The van der Waals surface area contributed by atoms with Gasteiger partial charge in [0.2, 0.25) is 5.91 Å². The van der Waals surface area contributed by atoms with Gasteiger partial charge in [-0.05, 0) is 68.9 Å². The lowest BCUT2D eigenvalue weighted by Crippen LogP contribution is -2.33. The minimum absolute atomic E-state index is 0.0621. The van der Waals surface area contributed by atoms with E-state index in [1.165, 1.54) is 17.0 Å². The van der Waals surface area contributed by atoms with Crippen LogP contribution in [0.2, 0.25) is 0 Å². The molecule has 2 unspecified atom stereocenters. The molecule has 1 saturated heterocycles. The highest BCUT2D eigenvalue weighted by molar-refractivity contribution is 7.80. The highest BCUT2D eigenvalue weighted by Gasteiger charge is 2.41. The Bertz CT molecular complexity index is 1180. The summed E-state index contributed by atoms with van der Waals surface area (Å²) in [6, 6.07) is 15.4. The number of hydrogen-bond donors (Lipinski definition) is 2. The van der Waals surface area contributed by atoms with Gasteiger partial charge in [0.1, 0.15) is 5.75 Å². The number of hydrogen-bond acceptors (Lipinski definition) is 4. The van der Waals surface area contributed by atoms with E-state index in [1.807, 2.05) is 42.5 Å². The summed E-state index contributed by atoms with van der Waals surface area (Å²) >= 11 is 5.76. The van der Waals surface area contributed by atoms with Crippen LogP contribution >= 0.6 is 12.2 Å². The first-order valence-corrected chi connectivity index (χ1v) is 11.9. The molecule has 0 spiro atoms. The quantitative estimate of drug-likeness (QED) is 0.465. The topological polar surface area (TPSA) is 71.4 Å². The number of carbonyl (C=O) groups excluding carboxylic acids is 1. The van der Waals surface area contributed by atoms with Gasteiger partial charge in [0.25, 0.3) is 0 Å². The van der Waals surface area contributed by atoms with Crippen molar-refractivity contribution >= 4 is 28.9 Å². The Morgan fingerprint density at radius 2 is 1.97 bits per heavy atom. The van der Waals surface area contributed by atoms with Crippen LogP contribution in [-0.4, -0.2) is 39.1 Å². The zero-order chi connectivity index (χ0) is 24.2. The summed E-state index contributed by atoms with van der Waals surface area (Å²) in [4.78, 5) is 19.6. The summed E-state index contributed by atoms with van der Waals surface area (Å²) in [6.45, 7) is 7.81. The highest BCUT2D eigenvalue weighted by Crippen LogP contribution is 2.40. The maximum absolute atomic E-state index is 12.8. The van der Waals surface area contributed by atoms with Crippen molar-refractivity contribution in [3.05, 3.63) is 77.4 Å². The standard InChI is InChI=1S/C26H31N5O2S/c1-5-30-17(2)16-19(18(30)3)25-24(21-11-8-9-14-27-21)29-26(34)31(25)15-13-23(32)28-20-10-6-7-12-22(20)33-4/h6-12,14,16,24-25H,5,13,15H2,1-4H3,(H,28,32)(H,29,34). The molecule has 1 aromatic carbocycles. The summed E-state index contributed by atoms with van der Waals surface area (Å²) < 4.78 is 7.66. The number of benzene rings is 1. The number of aryl methyl sites for hydroxylation is 1. The molecule has 4 rings (SSSR count). The molecule has 3 heterocycles. The Morgan fingerprint density at radius 1 is 1.21 bits per heavy atom. The molecule has 0 saturated carbocycles. The van der Waals surface area contributed by atoms with Crippen LogP contribution in [-0.2, 0) is 11.3 Å². The number of aromatic nitrogens is 2. The lowest BCUT2D eigenvalue weighted by Gasteiger charge is -2.28. The molecule has 0 aliphatic carbocycles. The van der Waals surface area contributed by atoms with E-state index in [1.54, 1.807) is 13.3 Å². The van der Waals surface area contributed by atoms with E-state index in [4.69, 9.17) is 17.0 Å². The van der Waals surface area contributed by atoms with Gasteiger partial charge in [0.15, 0.2) is 5.11 Å². The summed E-state index contributed by atoms with van der Waals surface area (Å²) in [5, 5.41) is 7.06. The second-order valence-electron chi connectivity index (χ2n) is 8.39. The fourth-order valence-corrected chi connectivity index (χ4v) is 5.11. The van der Waals surface area contributed by atoms with Gasteiger partial charge in [0, 0.05) is 37.1 Å². The maximum atomic E-state index is 12.8. The molecule has 2 N–H and O–H groups in total. The van der Waals surface area contributed by atoms with Crippen LogP contribution in [0.4, 0.5) is 5.69 Å². The third-order valence-electron chi connectivity index (χ3n) is 6.41. The van der Waals surface area contributed by atoms with Gasteiger partial charge in [-0.1, -0.05) is 18.2 Å². The molecule has 2 aromatic heterocycles. The smallest absolute Gasteiger partial charge is 0.226 e. The van der Waals surface area contributed by atoms with Crippen molar-refractivity contribution in [3.63, 3.8) is 0 Å². The van der Waals surface area contributed by atoms with E-state index in [2.05, 4.69) is 51.9 Å². The average Bonchev–Trinajstić information content (AvgIpc) is 3.32. The van der Waals surface area contributed by atoms with Crippen LogP contribution in [0.25, 0.3) is 0 Å². The van der Waals surface area contributed by atoms with Crippen LogP contribution in [0.3, 0.4) is 0 Å². The number of amides is 1. The predicted molar refractivity (Wildman–Crippen MR) is 138 cm³/mol. The van der Waals surface area contributed by atoms with Crippen molar-refractivity contribution in [1.82, 2.24) is 19.8 Å². The van der Waals surface area contributed by atoms with Crippen molar-refractivity contribution in [3.8, 4) is 5.75 Å². The van der Waals surface area contributed by atoms with Gasteiger partial charge in [0.05, 0.1) is 30.6 Å². The Kier molecular flexibility index (Phi) is 7.17. The first-order chi connectivity index (χ1) is 16.4. The maximum Gasteiger partial charge on any atom is 0.226 e. The second kappa shape index (κ2) is 10.3. The van der Waals surface area contributed by atoms with Crippen molar-refractivity contribution < 1.29 is 9.53 Å². The molecular formula is C26H31N5O2S. The van der Waals surface area contributed by atoms with Crippen molar-refractivity contribution in [2.24, 2.45) is 0 Å². The van der Waals surface area contributed by atoms with Crippen LogP contribution in [0.5, 0.6) is 5.75 Å². The van der Waals surface area contributed by atoms with Gasteiger partial charge in [-0.3, -0.25) is 9.78 Å². The minimum atomic E-state index is -0.100. The summed E-state index contributed by atoms with van der Waals surface area (Å²) in [7, 11) is 1.59. The number of anilines is 1. The van der Waals surface area contributed by atoms with E-state index in [0.29, 0.717) is 23.1 Å². The van der Waals surface area contributed by atoms with Crippen LogP contribution < -0.4 is 15.4 Å². The van der Waals surface area contributed by atoms with E-state index >= 15 is 0 Å². The zero-order valence-corrected chi connectivity index (χ0v) is 20.9. The van der Waals surface area contributed by atoms with E-state index in [-0.39, 0.29) is 24.4 Å². The number of ether oxygens (including phenoxy) is 1. The van der Waals surface area contributed by atoms with Crippen molar-refractivity contribution in [2.45, 2.75) is 45.8 Å². The predicted octanol–water partition coefficient (Wildman–Crippen LogP) is 4.53. The molecule has 1 amide bonds. The third-order valence-corrected chi connectivity index (χ3v) is 6.76. The molecule has 1 aliphatic heterocycles. The molecule has 0 bridgehead atoms.